The molecule has 2 rings (SSSR count). The van der Waals surface area contributed by atoms with Crippen molar-refractivity contribution in [3.05, 3.63) is 35.4 Å². The molecule has 3 atom stereocenters. The van der Waals surface area contributed by atoms with E-state index in [1.165, 1.54) is 12.1 Å². The van der Waals surface area contributed by atoms with Crippen molar-refractivity contribution in [1.82, 2.24) is 10.6 Å². The SMILES string of the molecule is CC(Cc1ccc(C(F)(F)F)cc1)C(=O)NC1CNCCC1C.Cl. The molecule has 0 bridgehead atoms. The Bertz CT molecular complexity index is 534. The summed E-state index contributed by atoms with van der Waals surface area (Å²) >= 11 is 0. The second-order valence-corrected chi connectivity index (χ2v) is 6.39. The van der Waals surface area contributed by atoms with Crippen LogP contribution in [0.3, 0.4) is 0 Å². The molecule has 0 spiro atoms. The number of halogens is 4. The zero-order chi connectivity index (χ0) is 17.0. The van der Waals surface area contributed by atoms with Gasteiger partial charge in [-0.1, -0.05) is 26.0 Å². The number of piperidine rings is 1. The molecule has 1 aliphatic rings. The van der Waals surface area contributed by atoms with E-state index in [-0.39, 0.29) is 30.3 Å². The van der Waals surface area contributed by atoms with Crippen molar-refractivity contribution >= 4 is 18.3 Å². The van der Waals surface area contributed by atoms with Crippen LogP contribution >= 0.6 is 12.4 Å². The van der Waals surface area contributed by atoms with Crippen LogP contribution in [0.5, 0.6) is 0 Å². The third-order valence-corrected chi connectivity index (χ3v) is 4.43. The fourth-order valence-electron chi connectivity index (χ4n) is 2.78. The minimum absolute atomic E-state index is 0. The quantitative estimate of drug-likeness (QED) is 0.859. The Morgan fingerprint density at radius 2 is 1.96 bits per heavy atom. The van der Waals surface area contributed by atoms with E-state index >= 15 is 0 Å². The Kier molecular flexibility index (Phi) is 7.55. The highest BCUT2D eigenvalue weighted by Gasteiger charge is 2.30. The van der Waals surface area contributed by atoms with Crippen molar-refractivity contribution in [3.8, 4) is 0 Å². The number of amides is 1. The predicted octanol–water partition coefficient (Wildman–Crippen LogP) is 3.42. The number of hydrogen-bond donors (Lipinski definition) is 2. The summed E-state index contributed by atoms with van der Waals surface area (Å²) in [5.74, 6) is 0.102. The summed E-state index contributed by atoms with van der Waals surface area (Å²) in [5, 5.41) is 6.30. The van der Waals surface area contributed by atoms with Gasteiger partial charge in [0.15, 0.2) is 0 Å². The van der Waals surface area contributed by atoms with Gasteiger partial charge in [-0.05, 0) is 43.0 Å². The van der Waals surface area contributed by atoms with E-state index in [0.29, 0.717) is 12.3 Å². The molecule has 0 radical (unpaired) electrons. The summed E-state index contributed by atoms with van der Waals surface area (Å²) in [7, 11) is 0. The third-order valence-electron chi connectivity index (χ3n) is 4.43. The predicted molar refractivity (Wildman–Crippen MR) is 90.1 cm³/mol. The van der Waals surface area contributed by atoms with Crippen molar-refractivity contribution in [2.75, 3.05) is 13.1 Å². The molecule has 1 aromatic rings. The largest absolute Gasteiger partial charge is 0.416 e. The highest BCUT2D eigenvalue weighted by molar-refractivity contribution is 5.85. The Morgan fingerprint density at radius 3 is 2.50 bits per heavy atom. The maximum absolute atomic E-state index is 12.5. The van der Waals surface area contributed by atoms with Gasteiger partial charge in [-0.2, -0.15) is 13.2 Å². The van der Waals surface area contributed by atoms with E-state index in [0.717, 1.165) is 37.2 Å². The zero-order valence-electron chi connectivity index (χ0n) is 13.8. The molecule has 1 aliphatic heterocycles. The Hall–Kier alpha value is -1.27. The lowest BCUT2D eigenvalue weighted by atomic mass is 9.93. The van der Waals surface area contributed by atoms with Crippen LogP contribution in [-0.2, 0) is 17.4 Å². The maximum atomic E-state index is 12.5. The second kappa shape index (κ2) is 8.72. The highest BCUT2D eigenvalue weighted by Crippen LogP contribution is 2.29. The van der Waals surface area contributed by atoms with Gasteiger partial charge >= 0.3 is 6.18 Å². The summed E-state index contributed by atoms with van der Waals surface area (Å²) in [6, 6.07) is 5.13. The molecule has 24 heavy (non-hydrogen) atoms. The van der Waals surface area contributed by atoms with Gasteiger partial charge in [-0.25, -0.2) is 0 Å². The number of carbonyl (C=O) groups is 1. The van der Waals surface area contributed by atoms with Crippen molar-refractivity contribution in [3.63, 3.8) is 0 Å². The first-order chi connectivity index (χ1) is 10.8. The van der Waals surface area contributed by atoms with Gasteiger partial charge in [0.25, 0.3) is 0 Å². The molecule has 1 heterocycles. The van der Waals surface area contributed by atoms with E-state index in [9.17, 15) is 18.0 Å². The Morgan fingerprint density at radius 1 is 1.33 bits per heavy atom. The molecular weight excluding hydrogens is 341 g/mol. The van der Waals surface area contributed by atoms with Gasteiger partial charge in [0.2, 0.25) is 5.91 Å². The van der Waals surface area contributed by atoms with Gasteiger partial charge < -0.3 is 10.6 Å². The summed E-state index contributed by atoms with van der Waals surface area (Å²) in [6.45, 7) is 5.65. The monoisotopic (exact) mass is 364 g/mol. The van der Waals surface area contributed by atoms with Gasteiger partial charge in [-0.15, -0.1) is 12.4 Å². The molecular formula is C17H24ClF3N2O. The lowest BCUT2D eigenvalue weighted by Crippen LogP contribution is -2.51. The van der Waals surface area contributed by atoms with Crippen LogP contribution in [-0.4, -0.2) is 25.0 Å². The van der Waals surface area contributed by atoms with Crippen LogP contribution in [0.2, 0.25) is 0 Å². The summed E-state index contributed by atoms with van der Waals surface area (Å²) in [4.78, 5) is 12.3. The molecule has 0 saturated carbocycles. The molecule has 136 valence electrons. The lowest BCUT2D eigenvalue weighted by molar-refractivity contribution is -0.137. The molecule has 3 unspecified atom stereocenters. The first-order valence-corrected chi connectivity index (χ1v) is 7.94. The van der Waals surface area contributed by atoms with Crippen LogP contribution in [0, 0.1) is 11.8 Å². The van der Waals surface area contributed by atoms with Gasteiger partial charge in [0, 0.05) is 18.5 Å². The molecule has 0 aliphatic carbocycles. The normalized spacial score (nSPS) is 22.4. The molecule has 2 N–H and O–H groups in total. The number of rotatable bonds is 4. The number of carbonyl (C=O) groups excluding carboxylic acids is 1. The molecule has 1 fully saturated rings. The number of alkyl halides is 3. The average molecular weight is 365 g/mol. The van der Waals surface area contributed by atoms with Crippen LogP contribution in [0.4, 0.5) is 13.2 Å². The maximum Gasteiger partial charge on any atom is 0.416 e. The fraction of sp³-hybridized carbons (Fsp3) is 0.588. The minimum Gasteiger partial charge on any atom is -0.352 e. The molecule has 7 heteroatoms. The van der Waals surface area contributed by atoms with Crippen molar-refractivity contribution in [2.24, 2.45) is 11.8 Å². The molecule has 3 nitrogen and oxygen atoms in total. The molecule has 1 saturated heterocycles. The Balaban J connectivity index is 0.00000288. The van der Waals surface area contributed by atoms with E-state index in [4.69, 9.17) is 0 Å². The number of hydrogen-bond acceptors (Lipinski definition) is 2. The minimum atomic E-state index is -4.33. The van der Waals surface area contributed by atoms with Crippen molar-refractivity contribution in [1.29, 1.82) is 0 Å². The first-order valence-electron chi connectivity index (χ1n) is 7.94. The van der Waals surface area contributed by atoms with E-state index in [1.807, 2.05) is 0 Å². The third kappa shape index (κ3) is 5.67. The standard InChI is InChI=1S/C17H23F3N2O.ClH/c1-11-7-8-21-10-15(11)22-16(23)12(2)9-13-3-5-14(6-4-13)17(18,19)20;/h3-6,11-12,15,21H,7-10H2,1-2H3,(H,22,23);1H. The summed E-state index contributed by atoms with van der Waals surface area (Å²) in [6.07, 6.45) is -2.87. The van der Waals surface area contributed by atoms with Gasteiger partial charge in [-0.3, -0.25) is 4.79 Å². The molecule has 1 amide bonds. The van der Waals surface area contributed by atoms with Crippen LogP contribution in [0.25, 0.3) is 0 Å². The Labute approximate surface area is 146 Å². The smallest absolute Gasteiger partial charge is 0.352 e. The number of benzene rings is 1. The van der Waals surface area contributed by atoms with Gasteiger partial charge in [0.05, 0.1) is 5.56 Å². The van der Waals surface area contributed by atoms with Crippen LogP contribution in [0.1, 0.15) is 31.4 Å². The van der Waals surface area contributed by atoms with Crippen molar-refractivity contribution < 1.29 is 18.0 Å². The second-order valence-electron chi connectivity index (χ2n) is 6.39. The van der Waals surface area contributed by atoms with E-state index in [2.05, 4.69) is 17.6 Å². The number of nitrogens with one attached hydrogen (secondary N) is 2. The fourth-order valence-corrected chi connectivity index (χ4v) is 2.78. The average Bonchev–Trinajstić information content (AvgIpc) is 2.49. The van der Waals surface area contributed by atoms with E-state index < -0.39 is 11.7 Å². The van der Waals surface area contributed by atoms with Gasteiger partial charge in [0.1, 0.15) is 0 Å². The molecule has 1 aromatic carbocycles. The topological polar surface area (TPSA) is 41.1 Å². The molecule has 0 aromatic heterocycles. The van der Waals surface area contributed by atoms with Crippen LogP contribution < -0.4 is 10.6 Å². The zero-order valence-corrected chi connectivity index (χ0v) is 14.6. The summed E-state index contributed by atoms with van der Waals surface area (Å²) in [5.41, 5.74) is 0.0657. The van der Waals surface area contributed by atoms with E-state index in [1.54, 1.807) is 6.92 Å². The van der Waals surface area contributed by atoms with Crippen LogP contribution in [0.15, 0.2) is 24.3 Å². The highest BCUT2D eigenvalue weighted by atomic mass is 35.5. The lowest BCUT2D eigenvalue weighted by Gasteiger charge is -2.31. The first kappa shape index (κ1) is 20.8. The van der Waals surface area contributed by atoms with Crippen molar-refractivity contribution in [2.45, 2.75) is 38.9 Å². The summed E-state index contributed by atoms with van der Waals surface area (Å²) < 4.78 is 37.6.